The molecule has 0 saturated carbocycles. The van der Waals surface area contributed by atoms with Gasteiger partial charge in [0.15, 0.2) is 0 Å². The van der Waals surface area contributed by atoms with Crippen LogP contribution in [0.2, 0.25) is 0 Å². The Morgan fingerprint density at radius 3 is 2.82 bits per heavy atom. The number of benzene rings is 1. The Labute approximate surface area is 102 Å². The van der Waals surface area contributed by atoms with Gasteiger partial charge in [-0.1, -0.05) is 19.1 Å². The molecule has 0 saturated heterocycles. The number of fused-ring (bicyclic) bond motifs is 1. The third-order valence-electron chi connectivity index (χ3n) is 2.91. The molecule has 0 aliphatic rings. The molecular formula is C14H18N2O. The first-order valence-electron chi connectivity index (χ1n) is 6.04. The SMILES string of the molecule is CCOc1ccc(C(N)CC)c2cccnc12. The summed E-state index contributed by atoms with van der Waals surface area (Å²) in [6.45, 7) is 4.70. The summed E-state index contributed by atoms with van der Waals surface area (Å²) in [5.41, 5.74) is 8.15. The number of nitrogens with two attached hydrogens (primary N) is 1. The third-order valence-corrected chi connectivity index (χ3v) is 2.91. The van der Waals surface area contributed by atoms with E-state index in [2.05, 4.69) is 18.0 Å². The molecule has 0 aliphatic carbocycles. The zero-order valence-electron chi connectivity index (χ0n) is 10.3. The Morgan fingerprint density at radius 2 is 2.12 bits per heavy atom. The predicted octanol–water partition coefficient (Wildman–Crippen LogP) is 3.04. The lowest BCUT2D eigenvalue weighted by Gasteiger charge is -2.14. The number of rotatable bonds is 4. The lowest BCUT2D eigenvalue weighted by Crippen LogP contribution is -2.09. The van der Waals surface area contributed by atoms with Crippen molar-refractivity contribution in [2.45, 2.75) is 26.3 Å². The maximum absolute atomic E-state index is 6.12. The molecular weight excluding hydrogens is 212 g/mol. The van der Waals surface area contributed by atoms with Crippen LogP contribution in [-0.4, -0.2) is 11.6 Å². The van der Waals surface area contributed by atoms with E-state index in [1.54, 1.807) is 6.20 Å². The Morgan fingerprint density at radius 1 is 1.29 bits per heavy atom. The fraction of sp³-hybridized carbons (Fsp3) is 0.357. The first kappa shape index (κ1) is 11.9. The average molecular weight is 230 g/mol. The highest BCUT2D eigenvalue weighted by Crippen LogP contribution is 2.30. The zero-order chi connectivity index (χ0) is 12.3. The minimum Gasteiger partial charge on any atom is -0.492 e. The van der Waals surface area contributed by atoms with Crippen LogP contribution in [0.15, 0.2) is 30.5 Å². The van der Waals surface area contributed by atoms with Gasteiger partial charge in [0.1, 0.15) is 11.3 Å². The summed E-state index contributed by atoms with van der Waals surface area (Å²) >= 11 is 0. The highest BCUT2D eigenvalue weighted by atomic mass is 16.5. The second kappa shape index (κ2) is 5.15. The molecule has 0 bridgehead atoms. The van der Waals surface area contributed by atoms with E-state index in [0.29, 0.717) is 6.61 Å². The summed E-state index contributed by atoms with van der Waals surface area (Å²) in [4.78, 5) is 4.40. The molecule has 2 rings (SSSR count). The first-order chi connectivity index (χ1) is 8.27. The minimum absolute atomic E-state index is 0.0531. The summed E-state index contributed by atoms with van der Waals surface area (Å²) in [6.07, 6.45) is 2.70. The molecule has 90 valence electrons. The summed E-state index contributed by atoms with van der Waals surface area (Å²) in [6, 6.07) is 8.05. The number of nitrogens with zero attached hydrogens (tertiary/aromatic N) is 1. The van der Waals surface area contributed by atoms with E-state index in [0.717, 1.165) is 28.6 Å². The van der Waals surface area contributed by atoms with Crippen molar-refractivity contribution in [2.75, 3.05) is 6.61 Å². The number of pyridine rings is 1. The van der Waals surface area contributed by atoms with Crippen LogP contribution >= 0.6 is 0 Å². The van der Waals surface area contributed by atoms with E-state index < -0.39 is 0 Å². The van der Waals surface area contributed by atoms with Gasteiger partial charge >= 0.3 is 0 Å². The maximum Gasteiger partial charge on any atom is 0.145 e. The second-order valence-corrected chi connectivity index (χ2v) is 4.00. The van der Waals surface area contributed by atoms with Gasteiger partial charge in [0, 0.05) is 17.6 Å². The molecule has 0 aliphatic heterocycles. The van der Waals surface area contributed by atoms with Crippen molar-refractivity contribution in [1.29, 1.82) is 0 Å². The Bertz CT molecular complexity index is 511. The molecule has 0 spiro atoms. The van der Waals surface area contributed by atoms with Gasteiger partial charge in [0.05, 0.1) is 6.61 Å². The van der Waals surface area contributed by atoms with Crippen molar-refractivity contribution in [1.82, 2.24) is 4.98 Å². The molecule has 3 nitrogen and oxygen atoms in total. The van der Waals surface area contributed by atoms with Crippen LogP contribution in [0.25, 0.3) is 10.9 Å². The van der Waals surface area contributed by atoms with Crippen LogP contribution < -0.4 is 10.5 Å². The summed E-state index contributed by atoms with van der Waals surface area (Å²) in [7, 11) is 0. The van der Waals surface area contributed by atoms with Crippen LogP contribution in [-0.2, 0) is 0 Å². The third kappa shape index (κ3) is 2.24. The first-order valence-corrected chi connectivity index (χ1v) is 6.04. The van der Waals surface area contributed by atoms with Crippen molar-refractivity contribution in [3.05, 3.63) is 36.0 Å². The van der Waals surface area contributed by atoms with Gasteiger partial charge in [-0.15, -0.1) is 0 Å². The van der Waals surface area contributed by atoms with E-state index in [1.165, 1.54) is 0 Å². The average Bonchev–Trinajstić information content (AvgIpc) is 2.38. The molecule has 17 heavy (non-hydrogen) atoms. The van der Waals surface area contributed by atoms with Gasteiger partial charge in [-0.05, 0) is 31.0 Å². The normalized spacial score (nSPS) is 12.6. The number of hydrogen-bond acceptors (Lipinski definition) is 3. The van der Waals surface area contributed by atoms with Crippen molar-refractivity contribution < 1.29 is 4.74 Å². The van der Waals surface area contributed by atoms with Gasteiger partial charge in [0.2, 0.25) is 0 Å². The molecule has 1 aromatic carbocycles. The topological polar surface area (TPSA) is 48.1 Å². The summed E-state index contributed by atoms with van der Waals surface area (Å²) in [5, 5.41) is 1.09. The number of hydrogen-bond donors (Lipinski definition) is 1. The molecule has 3 heteroatoms. The Kier molecular flexibility index (Phi) is 3.59. The predicted molar refractivity (Wildman–Crippen MR) is 70.1 cm³/mol. The molecule has 1 atom stereocenters. The van der Waals surface area contributed by atoms with Gasteiger partial charge in [-0.25, -0.2) is 0 Å². The molecule has 0 radical (unpaired) electrons. The molecule has 1 unspecified atom stereocenters. The van der Waals surface area contributed by atoms with Crippen LogP contribution in [0.1, 0.15) is 31.9 Å². The highest BCUT2D eigenvalue weighted by molar-refractivity contribution is 5.87. The molecule has 0 fully saturated rings. The van der Waals surface area contributed by atoms with Gasteiger partial charge in [0.25, 0.3) is 0 Å². The van der Waals surface area contributed by atoms with Crippen molar-refractivity contribution >= 4 is 10.9 Å². The van der Waals surface area contributed by atoms with Crippen LogP contribution in [0, 0.1) is 0 Å². The fourth-order valence-corrected chi connectivity index (χ4v) is 1.98. The lowest BCUT2D eigenvalue weighted by atomic mass is 10.00. The molecule has 1 heterocycles. The fourth-order valence-electron chi connectivity index (χ4n) is 1.98. The Hall–Kier alpha value is -1.61. The Balaban J connectivity index is 2.62. The second-order valence-electron chi connectivity index (χ2n) is 4.00. The van der Waals surface area contributed by atoms with Crippen LogP contribution in [0.5, 0.6) is 5.75 Å². The lowest BCUT2D eigenvalue weighted by molar-refractivity contribution is 0.343. The van der Waals surface area contributed by atoms with Crippen LogP contribution in [0.3, 0.4) is 0 Å². The van der Waals surface area contributed by atoms with Gasteiger partial charge in [-0.3, -0.25) is 4.98 Å². The standard InChI is InChI=1S/C14H18N2O/c1-3-12(15)10-7-8-13(17-4-2)14-11(10)6-5-9-16-14/h5-9,12H,3-4,15H2,1-2H3. The van der Waals surface area contributed by atoms with Crippen molar-refractivity contribution in [3.8, 4) is 5.75 Å². The maximum atomic E-state index is 6.12. The highest BCUT2D eigenvalue weighted by Gasteiger charge is 2.11. The number of aromatic nitrogens is 1. The van der Waals surface area contributed by atoms with Gasteiger partial charge in [-0.2, -0.15) is 0 Å². The van der Waals surface area contributed by atoms with E-state index in [1.807, 2.05) is 25.1 Å². The van der Waals surface area contributed by atoms with E-state index in [-0.39, 0.29) is 6.04 Å². The monoisotopic (exact) mass is 230 g/mol. The molecule has 2 N–H and O–H groups in total. The van der Waals surface area contributed by atoms with E-state index in [4.69, 9.17) is 10.5 Å². The molecule has 2 aromatic rings. The molecule has 1 aromatic heterocycles. The quantitative estimate of drug-likeness (QED) is 0.878. The van der Waals surface area contributed by atoms with E-state index >= 15 is 0 Å². The number of ether oxygens (including phenoxy) is 1. The zero-order valence-corrected chi connectivity index (χ0v) is 10.3. The largest absolute Gasteiger partial charge is 0.492 e. The van der Waals surface area contributed by atoms with Crippen LogP contribution in [0.4, 0.5) is 0 Å². The van der Waals surface area contributed by atoms with Gasteiger partial charge < -0.3 is 10.5 Å². The minimum atomic E-state index is 0.0531. The smallest absolute Gasteiger partial charge is 0.145 e. The summed E-state index contributed by atoms with van der Waals surface area (Å²) in [5.74, 6) is 0.829. The summed E-state index contributed by atoms with van der Waals surface area (Å²) < 4.78 is 5.58. The van der Waals surface area contributed by atoms with Crippen molar-refractivity contribution in [3.63, 3.8) is 0 Å². The van der Waals surface area contributed by atoms with Crippen molar-refractivity contribution in [2.24, 2.45) is 5.73 Å². The molecule has 0 amide bonds. The van der Waals surface area contributed by atoms with E-state index in [9.17, 15) is 0 Å².